The maximum Gasteiger partial charge on any atom is 0.292 e. The van der Waals surface area contributed by atoms with Crippen molar-refractivity contribution in [2.45, 2.75) is 6.42 Å². The fourth-order valence-corrected chi connectivity index (χ4v) is 3.50. The van der Waals surface area contributed by atoms with Gasteiger partial charge in [0.05, 0.1) is 29.7 Å². The Morgan fingerprint density at radius 3 is 2.55 bits per heavy atom. The van der Waals surface area contributed by atoms with Crippen molar-refractivity contribution >= 4 is 34.4 Å². The van der Waals surface area contributed by atoms with Crippen LogP contribution in [0.5, 0.6) is 5.75 Å². The first kappa shape index (κ1) is 22.0. The third-order valence-corrected chi connectivity index (χ3v) is 5.09. The summed E-state index contributed by atoms with van der Waals surface area (Å²) in [6.07, 6.45) is 4.14. The van der Waals surface area contributed by atoms with Crippen LogP contribution >= 0.6 is 12.2 Å². The second-order valence-corrected chi connectivity index (χ2v) is 7.52. The predicted octanol–water partition coefficient (Wildman–Crippen LogP) is 5.42. The van der Waals surface area contributed by atoms with Gasteiger partial charge in [0.1, 0.15) is 11.4 Å². The molecule has 0 spiro atoms. The normalized spacial score (nSPS) is 10.4. The number of nitro groups is 1. The summed E-state index contributed by atoms with van der Waals surface area (Å²) in [6.45, 7) is 0.523. The number of nitrogens with zero attached hydrogens (tertiary/aromatic N) is 2. The summed E-state index contributed by atoms with van der Waals surface area (Å²) in [6, 6.07) is 22.0. The zero-order chi connectivity index (χ0) is 23.0. The maximum absolute atomic E-state index is 11.1. The molecule has 0 atom stereocenters. The fraction of sp³-hybridized carbons (Fsp3) is 0.0833. The fourth-order valence-electron chi connectivity index (χ4n) is 3.27. The zero-order valence-electron chi connectivity index (χ0n) is 17.5. The summed E-state index contributed by atoms with van der Waals surface area (Å²) in [4.78, 5) is 17.9. The van der Waals surface area contributed by atoms with Gasteiger partial charge in [-0.1, -0.05) is 36.4 Å². The molecule has 0 bridgehead atoms. The highest BCUT2D eigenvalue weighted by Gasteiger charge is 2.13. The largest absolute Gasteiger partial charge is 0.493 e. The van der Waals surface area contributed by atoms with Gasteiger partial charge in [-0.25, -0.2) is 4.98 Å². The van der Waals surface area contributed by atoms with Crippen molar-refractivity contribution in [3.8, 4) is 17.0 Å². The number of aromatic amines is 1. The van der Waals surface area contributed by atoms with Crippen molar-refractivity contribution in [1.82, 2.24) is 9.97 Å². The van der Waals surface area contributed by atoms with Crippen LogP contribution in [0, 0.1) is 10.1 Å². The summed E-state index contributed by atoms with van der Waals surface area (Å²) < 4.78 is 6.01. The smallest absolute Gasteiger partial charge is 0.292 e. The molecule has 8 nitrogen and oxygen atoms in total. The molecule has 3 N–H and O–H groups in total. The average molecular weight is 460 g/mol. The van der Waals surface area contributed by atoms with E-state index in [4.69, 9.17) is 17.0 Å². The van der Waals surface area contributed by atoms with E-state index in [9.17, 15) is 10.1 Å². The van der Waals surface area contributed by atoms with E-state index in [1.54, 1.807) is 30.7 Å². The molecule has 0 unspecified atom stereocenters. The predicted molar refractivity (Wildman–Crippen MR) is 133 cm³/mol. The van der Waals surface area contributed by atoms with Gasteiger partial charge < -0.3 is 20.4 Å². The van der Waals surface area contributed by atoms with E-state index in [1.807, 2.05) is 48.5 Å². The number of para-hydroxylation sites is 3. The van der Waals surface area contributed by atoms with Gasteiger partial charge in [0.25, 0.3) is 5.69 Å². The van der Waals surface area contributed by atoms with Gasteiger partial charge in [0.15, 0.2) is 5.11 Å². The molecule has 3 aromatic carbocycles. The van der Waals surface area contributed by atoms with Crippen molar-refractivity contribution in [3.63, 3.8) is 0 Å². The van der Waals surface area contributed by atoms with Gasteiger partial charge in [-0.15, -0.1) is 0 Å². The van der Waals surface area contributed by atoms with E-state index in [-0.39, 0.29) is 10.8 Å². The lowest BCUT2D eigenvalue weighted by atomic mass is 10.1. The number of H-pyrrole nitrogens is 1. The molecule has 0 saturated heterocycles. The minimum Gasteiger partial charge on any atom is -0.493 e. The number of thiocarbonyl (C=S) groups is 1. The Kier molecular flexibility index (Phi) is 6.91. The molecule has 9 heteroatoms. The summed E-state index contributed by atoms with van der Waals surface area (Å²) in [7, 11) is 0. The molecule has 0 aliphatic rings. The van der Waals surface area contributed by atoms with Crippen LogP contribution in [-0.2, 0) is 6.42 Å². The Labute approximate surface area is 195 Å². The summed E-state index contributed by atoms with van der Waals surface area (Å²) in [5, 5.41) is 17.3. The minimum atomic E-state index is -0.449. The summed E-state index contributed by atoms with van der Waals surface area (Å²) in [5.74, 6) is 0.798. The zero-order valence-corrected chi connectivity index (χ0v) is 18.3. The van der Waals surface area contributed by atoms with E-state index in [1.165, 1.54) is 6.07 Å². The third kappa shape index (κ3) is 5.72. The molecule has 1 heterocycles. The standard InChI is InChI=1S/C24H21N5O3S/c30-29(31)22-7-3-2-6-20(22)28-24(33)27-18-11-9-17(10-12-18)13-14-32-23-8-4-1-5-19(23)21-15-25-16-26-21/h1-12,15-16H,13-14H2,(H,25,26)(H2,27,28,33). The summed E-state index contributed by atoms with van der Waals surface area (Å²) in [5.41, 5.74) is 4.06. The third-order valence-electron chi connectivity index (χ3n) is 4.88. The first-order chi connectivity index (χ1) is 16.1. The lowest BCUT2D eigenvalue weighted by Crippen LogP contribution is -2.19. The number of nitro benzene ring substituents is 1. The van der Waals surface area contributed by atoms with Gasteiger partial charge in [0, 0.05) is 23.7 Å². The topological polar surface area (TPSA) is 105 Å². The number of hydrogen-bond acceptors (Lipinski definition) is 5. The molecule has 4 aromatic rings. The van der Waals surface area contributed by atoms with Crippen LogP contribution in [-0.4, -0.2) is 26.6 Å². The molecule has 0 saturated carbocycles. The number of ether oxygens (including phenoxy) is 1. The molecule has 0 radical (unpaired) electrons. The van der Waals surface area contributed by atoms with Crippen LogP contribution in [0.25, 0.3) is 11.3 Å². The van der Waals surface area contributed by atoms with Crippen molar-refractivity contribution in [2.24, 2.45) is 0 Å². The monoisotopic (exact) mass is 459 g/mol. The molecule has 0 aliphatic carbocycles. The molecule has 0 aliphatic heterocycles. The first-order valence-corrected chi connectivity index (χ1v) is 10.6. The molecule has 4 rings (SSSR count). The number of rotatable bonds is 8. The van der Waals surface area contributed by atoms with Crippen molar-refractivity contribution in [2.75, 3.05) is 17.2 Å². The number of nitrogens with one attached hydrogen (secondary N) is 3. The van der Waals surface area contributed by atoms with E-state index in [0.717, 1.165) is 34.7 Å². The van der Waals surface area contributed by atoms with E-state index in [0.29, 0.717) is 12.3 Å². The molecular weight excluding hydrogens is 438 g/mol. The van der Waals surface area contributed by atoms with Gasteiger partial charge in [-0.2, -0.15) is 0 Å². The lowest BCUT2D eigenvalue weighted by Gasteiger charge is -2.12. The second-order valence-electron chi connectivity index (χ2n) is 7.11. The number of aromatic nitrogens is 2. The minimum absolute atomic E-state index is 0.0360. The second kappa shape index (κ2) is 10.4. The molecule has 166 valence electrons. The van der Waals surface area contributed by atoms with Gasteiger partial charge >= 0.3 is 0 Å². The van der Waals surface area contributed by atoms with Crippen LogP contribution in [0.2, 0.25) is 0 Å². The van der Waals surface area contributed by atoms with Gasteiger partial charge in [-0.3, -0.25) is 10.1 Å². The Balaban J connectivity index is 1.31. The van der Waals surface area contributed by atoms with Gasteiger partial charge in [0.2, 0.25) is 0 Å². The van der Waals surface area contributed by atoms with Crippen LogP contribution in [0.4, 0.5) is 17.1 Å². The molecule has 1 aromatic heterocycles. The Morgan fingerprint density at radius 1 is 1.03 bits per heavy atom. The number of hydrogen-bond donors (Lipinski definition) is 3. The number of anilines is 2. The van der Waals surface area contributed by atoms with Crippen LogP contribution < -0.4 is 15.4 Å². The van der Waals surface area contributed by atoms with Crippen LogP contribution in [0.15, 0.2) is 85.3 Å². The van der Waals surface area contributed by atoms with E-state index < -0.39 is 4.92 Å². The van der Waals surface area contributed by atoms with Gasteiger partial charge in [-0.05, 0) is 48.1 Å². The Morgan fingerprint density at radius 2 is 1.79 bits per heavy atom. The maximum atomic E-state index is 11.1. The SMILES string of the molecule is O=[N+]([O-])c1ccccc1NC(=S)Nc1ccc(CCOc2ccccc2-c2cnc[nH]2)cc1. The molecule has 33 heavy (non-hydrogen) atoms. The molecule has 0 fully saturated rings. The molecular formula is C24H21N5O3S. The average Bonchev–Trinajstić information content (AvgIpc) is 3.35. The van der Waals surface area contributed by atoms with E-state index >= 15 is 0 Å². The highest BCUT2D eigenvalue weighted by molar-refractivity contribution is 7.80. The van der Waals surface area contributed by atoms with Crippen molar-refractivity contribution < 1.29 is 9.66 Å². The van der Waals surface area contributed by atoms with Crippen molar-refractivity contribution in [3.05, 3.63) is 101 Å². The quantitative estimate of drug-likeness (QED) is 0.184. The van der Waals surface area contributed by atoms with Crippen LogP contribution in [0.3, 0.4) is 0 Å². The summed E-state index contributed by atoms with van der Waals surface area (Å²) >= 11 is 5.30. The molecule has 0 amide bonds. The highest BCUT2D eigenvalue weighted by atomic mass is 32.1. The Bertz CT molecular complexity index is 1240. The first-order valence-electron chi connectivity index (χ1n) is 10.2. The Hall–Kier alpha value is -4.24. The van der Waals surface area contributed by atoms with Crippen molar-refractivity contribution in [1.29, 1.82) is 0 Å². The number of imidazole rings is 1. The van der Waals surface area contributed by atoms with E-state index in [2.05, 4.69) is 20.6 Å². The lowest BCUT2D eigenvalue weighted by molar-refractivity contribution is -0.383. The highest BCUT2D eigenvalue weighted by Crippen LogP contribution is 2.28. The van der Waals surface area contributed by atoms with Crippen LogP contribution in [0.1, 0.15) is 5.56 Å². The number of benzene rings is 3.